The Bertz CT molecular complexity index is 1430. The van der Waals surface area contributed by atoms with Crippen LogP contribution in [0.3, 0.4) is 0 Å². The number of thiazole rings is 1. The molecule has 31 heavy (non-hydrogen) atoms. The van der Waals surface area contributed by atoms with Crippen molar-refractivity contribution in [2.75, 3.05) is 0 Å². The first-order valence-electron chi connectivity index (χ1n) is 9.47. The van der Waals surface area contributed by atoms with E-state index in [0.29, 0.717) is 21.0 Å². The highest BCUT2D eigenvalue weighted by Gasteiger charge is 2.32. The number of pyridine rings is 1. The zero-order valence-corrected chi connectivity index (χ0v) is 17.2. The number of carboxylic acid groups (broad SMARTS) is 1. The van der Waals surface area contributed by atoms with E-state index in [-0.39, 0.29) is 12.0 Å². The number of carbonyl (C=O) groups is 1. The Hall–Kier alpha value is -3.92. The van der Waals surface area contributed by atoms with E-state index in [2.05, 4.69) is 20.2 Å². The smallest absolute Gasteiger partial charge is 0.328 e. The van der Waals surface area contributed by atoms with E-state index in [0.717, 1.165) is 28.0 Å². The minimum atomic E-state index is -1.01. The first kappa shape index (κ1) is 19.1. The fourth-order valence-electron chi connectivity index (χ4n) is 3.33. The quantitative estimate of drug-likeness (QED) is 0.520. The Morgan fingerprint density at radius 1 is 1.16 bits per heavy atom. The van der Waals surface area contributed by atoms with Crippen LogP contribution >= 0.6 is 11.3 Å². The summed E-state index contributed by atoms with van der Waals surface area (Å²) in [4.78, 5) is 33.4. The van der Waals surface area contributed by atoms with Crippen molar-refractivity contribution >= 4 is 34.2 Å². The highest BCUT2D eigenvalue weighted by atomic mass is 32.1. The third-order valence-corrected chi connectivity index (χ3v) is 5.93. The molecule has 9 nitrogen and oxygen atoms in total. The van der Waals surface area contributed by atoms with E-state index in [1.54, 1.807) is 24.5 Å². The molecule has 1 aliphatic heterocycles. The molecule has 0 bridgehead atoms. The summed E-state index contributed by atoms with van der Waals surface area (Å²) in [5.41, 5.74) is 3.02. The van der Waals surface area contributed by atoms with Crippen LogP contribution in [0.5, 0.6) is 0 Å². The maximum absolute atomic E-state index is 12.8. The summed E-state index contributed by atoms with van der Waals surface area (Å²) in [6.07, 6.45) is 4.97. The zero-order chi connectivity index (χ0) is 21.5. The van der Waals surface area contributed by atoms with Gasteiger partial charge >= 0.3 is 5.97 Å². The van der Waals surface area contributed by atoms with Crippen LogP contribution in [0.2, 0.25) is 0 Å². The number of hydrogen-bond acceptors (Lipinski definition) is 8. The van der Waals surface area contributed by atoms with Crippen molar-refractivity contribution < 1.29 is 9.90 Å². The molecule has 1 N–H and O–H groups in total. The van der Waals surface area contributed by atoms with Crippen LogP contribution in [-0.4, -0.2) is 47.4 Å². The Morgan fingerprint density at radius 3 is 2.58 bits per heavy atom. The molecular weight excluding hydrogens is 416 g/mol. The largest absolute Gasteiger partial charge is 0.480 e. The maximum Gasteiger partial charge on any atom is 0.328 e. The van der Waals surface area contributed by atoms with Crippen molar-refractivity contribution in [3.05, 3.63) is 74.8 Å². The topological polar surface area (TPSA) is 113 Å². The Labute approximate surface area is 179 Å². The molecule has 0 saturated heterocycles. The summed E-state index contributed by atoms with van der Waals surface area (Å²) in [7, 11) is 0. The molecule has 0 amide bonds. The molecule has 1 aromatic carbocycles. The monoisotopic (exact) mass is 432 g/mol. The summed E-state index contributed by atoms with van der Waals surface area (Å²) in [5, 5.41) is 19.8. The van der Waals surface area contributed by atoms with Crippen LogP contribution in [0, 0.1) is 6.92 Å². The van der Waals surface area contributed by atoms with Gasteiger partial charge in [-0.3, -0.25) is 14.8 Å². The van der Waals surface area contributed by atoms with Gasteiger partial charge in [-0.05, 0) is 24.6 Å². The molecule has 0 spiro atoms. The van der Waals surface area contributed by atoms with Gasteiger partial charge in [-0.2, -0.15) is 14.6 Å². The summed E-state index contributed by atoms with van der Waals surface area (Å²) < 4.78 is 1.54. The molecule has 10 heteroatoms. The second-order valence-corrected chi connectivity index (χ2v) is 8.13. The van der Waals surface area contributed by atoms with Crippen molar-refractivity contribution in [1.29, 1.82) is 0 Å². The average molecular weight is 432 g/mol. The van der Waals surface area contributed by atoms with Gasteiger partial charge in [-0.15, -0.1) is 5.10 Å². The molecule has 1 atom stereocenters. The van der Waals surface area contributed by atoms with Crippen LogP contribution < -0.4 is 10.1 Å². The number of aliphatic carboxylic acids is 1. The molecule has 0 fully saturated rings. The second-order valence-electron chi connectivity index (χ2n) is 7.12. The lowest BCUT2D eigenvalue weighted by Gasteiger charge is -2.14. The number of fused-ring (bicyclic) bond motifs is 1. The van der Waals surface area contributed by atoms with Gasteiger partial charge in [0.15, 0.2) is 11.9 Å². The van der Waals surface area contributed by atoms with E-state index in [9.17, 15) is 14.7 Å². The van der Waals surface area contributed by atoms with E-state index in [4.69, 9.17) is 0 Å². The molecule has 0 aliphatic carbocycles. The molecule has 0 radical (unpaired) electrons. The van der Waals surface area contributed by atoms with Gasteiger partial charge in [0, 0.05) is 30.6 Å². The first-order valence-corrected chi connectivity index (χ1v) is 10.3. The highest BCUT2D eigenvalue weighted by molar-refractivity contribution is 7.15. The summed E-state index contributed by atoms with van der Waals surface area (Å²) in [6.45, 7) is 1.98. The number of hydrazone groups is 1. The Kier molecular flexibility index (Phi) is 4.55. The lowest BCUT2D eigenvalue weighted by Crippen LogP contribution is -2.34. The number of benzene rings is 1. The van der Waals surface area contributed by atoms with Crippen LogP contribution in [0.1, 0.15) is 17.5 Å². The minimum Gasteiger partial charge on any atom is -0.480 e. The fraction of sp³-hybridized carbons (Fsp3) is 0.143. The molecule has 0 saturated carbocycles. The standard InChI is InChI=1S/C21H16N6O3S/c1-12-2-4-13(5-3-12)15-10-16(20(29)30)26(24-15)11-17-19(28)27-21(31-17)23-18(25-27)14-6-8-22-9-7-14/h2-9,11,16H,10H2,1H3,(H,29,30)/b17-11-/t16-/m1/s1. The third-order valence-electron chi connectivity index (χ3n) is 4.98. The number of rotatable bonds is 4. The van der Waals surface area contributed by atoms with E-state index in [1.807, 2.05) is 31.2 Å². The normalized spacial score (nSPS) is 16.8. The SMILES string of the molecule is Cc1ccc(C2=NN(/C=c3\sc4nc(-c5ccncc5)nn4c3=O)[C@@H](C(=O)O)C2)cc1. The predicted molar refractivity (Wildman–Crippen MR) is 116 cm³/mol. The van der Waals surface area contributed by atoms with Gasteiger partial charge in [-0.25, -0.2) is 4.79 Å². The van der Waals surface area contributed by atoms with Gasteiger partial charge in [0.25, 0.3) is 5.56 Å². The van der Waals surface area contributed by atoms with Crippen LogP contribution in [0.15, 0.2) is 58.7 Å². The van der Waals surface area contributed by atoms with Gasteiger partial charge in [-0.1, -0.05) is 41.2 Å². The van der Waals surface area contributed by atoms with E-state index in [1.165, 1.54) is 15.7 Å². The highest BCUT2D eigenvalue weighted by Crippen LogP contribution is 2.21. The van der Waals surface area contributed by atoms with Gasteiger partial charge in [0.1, 0.15) is 4.53 Å². The lowest BCUT2D eigenvalue weighted by molar-refractivity contribution is -0.141. The maximum atomic E-state index is 12.8. The van der Waals surface area contributed by atoms with Crippen molar-refractivity contribution in [3.63, 3.8) is 0 Å². The van der Waals surface area contributed by atoms with Crippen LogP contribution in [0.25, 0.3) is 22.5 Å². The van der Waals surface area contributed by atoms with Crippen molar-refractivity contribution in [2.24, 2.45) is 5.10 Å². The summed E-state index contributed by atoms with van der Waals surface area (Å²) >= 11 is 1.14. The van der Waals surface area contributed by atoms with Gasteiger partial charge in [0.05, 0.1) is 5.71 Å². The minimum absolute atomic E-state index is 0.246. The Balaban J connectivity index is 1.54. The van der Waals surface area contributed by atoms with Crippen molar-refractivity contribution in [2.45, 2.75) is 19.4 Å². The number of nitrogens with zero attached hydrogens (tertiary/aromatic N) is 6. The molecule has 5 rings (SSSR count). The molecule has 154 valence electrons. The second kappa shape index (κ2) is 7.40. The Morgan fingerprint density at radius 2 is 1.90 bits per heavy atom. The van der Waals surface area contributed by atoms with Gasteiger partial charge in [0.2, 0.25) is 4.96 Å². The predicted octanol–water partition coefficient (Wildman–Crippen LogP) is 1.54. The molecule has 1 aliphatic rings. The average Bonchev–Trinajstić information content (AvgIpc) is 3.45. The zero-order valence-electron chi connectivity index (χ0n) is 16.3. The number of hydrogen-bond donors (Lipinski definition) is 1. The molecule has 4 heterocycles. The van der Waals surface area contributed by atoms with Crippen LogP contribution in [0.4, 0.5) is 0 Å². The van der Waals surface area contributed by atoms with Crippen molar-refractivity contribution in [3.8, 4) is 11.4 Å². The summed E-state index contributed by atoms with van der Waals surface area (Å²) in [5.74, 6) is -0.574. The number of carboxylic acids is 1. The first-order chi connectivity index (χ1) is 15.0. The molecule has 0 unspecified atom stereocenters. The lowest BCUT2D eigenvalue weighted by atomic mass is 10.0. The third kappa shape index (κ3) is 3.46. The molecule has 4 aromatic rings. The van der Waals surface area contributed by atoms with Gasteiger partial charge < -0.3 is 5.11 Å². The molecule has 3 aromatic heterocycles. The number of aromatic nitrogens is 4. The summed E-state index contributed by atoms with van der Waals surface area (Å²) in [6, 6.07) is 10.4. The van der Waals surface area contributed by atoms with Crippen LogP contribution in [-0.2, 0) is 4.79 Å². The number of aryl methyl sites for hydroxylation is 1. The molecular formula is C21H16N6O3S. The van der Waals surface area contributed by atoms with E-state index < -0.39 is 12.0 Å². The van der Waals surface area contributed by atoms with E-state index >= 15 is 0 Å². The van der Waals surface area contributed by atoms with Crippen molar-refractivity contribution in [1.82, 2.24) is 24.6 Å². The fourth-order valence-corrected chi connectivity index (χ4v) is 4.21.